The molecular weight excluding hydrogens is 492 g/mol. The molecule has 2 heterocycles. The fourth-order valence-corrected chi connectivity index (χ4v) is 5.49. The second-order valence-electron chi connectivity index (χ2n) is 9.45. The number of anilines is 2. The number of aromatic hydroxyl groups is 2. The number of carbonyl (C=O) groups excluding carboxylic acids is 1. The van der Waals surface area contributed by atoms with E-state index >= 15 is 0 Å². The molecule has 1 spiro atoms. The molecule has 0 saturated carbocycles. The first-order valence-electron chi connectivity index (χ1n) is 12.9. The number of ether oxygens (including phenoxy) is 1. The maximum absolute atomic E-state index is 14.0. The van der Waals surface area contributed by atoms with Gasteiger partial charge < -0.3 is 25.6 Å². The Bertz CT molecular complexity index is 1580. The number of rotatable bonds is 6. The van der Waals surface area contributed by atoms with Gasteiger partial charge in [0.15, 0.2) is 0 Å². The highest BCUT2D eigenvalue weighted by Crippen LogP contribution is 2.58. The number of nitrogens with zero attached hydrogens (tertiary/aromatic N) is 2. The predicted octanol–water partition coefficient (Wildman–Crippen LogP) is 5.85. The molecule has 8 nitrogen and oxygen atoms in total. The molecule has 0 bridgehead atoms. The van der Waals surface area contributed by atoms with Crippen molar-refractivity contribution in [3.8, 4) is 23.0 Å². The van der Waals surface area contributed by atoms with E-state index in [1.807, 2.05) is 74.5 Å². The number of phenols is 2. The number of nitrogens with one attached hydrogen (secondary N) is 2. The van der Waals surface area contributed by atoms with Crippen LogP contribution in [0.15, 0.2) is 84.0 Å². The number of amides is 1. The average molecular weight is 521 g/mol. The molecule has 196 valence electrons. The summed E-state index contributed by atoms with van der Waals surface area (Å²) in [5.41, 5.74) is 3.93. The van der Waals surface area contributed by atoms with E-state index in [2.05, 4.69) is 10.6 Å². The lowest BCUT2D eigenvalue weighted by molar-refractivity contribution is 0.0675. The van der Waals surface area contributed by atoms with Crippen LogP contribution >= 0.6 is 0 Å². The van der Waals surface area contributed by atoms with Crippen LogP contribution in [0, 0.1) is 0 Å². The Balaban J connectivity index is 1.63. The fourth-order valence-electron chi connectivity index (χ4n) is 5.49. The molecule has 6 rings (SSSR count). The lowest BCUT2D eigenvalue weighted by Crippen LogP contribution is -2.44. The number of phenolic OH excluding ortho intramolecular Hbond substituents is 2. The van der Waals surface area contributed by atoms with Crippen molar-refractivity contribution in [2.75, 3.05) is 23.7 Å². The molecule has 1 amide bonds. The van der Waals surface area contributed by atoms with Crippen molar-refractivity contribution in [3.63, 3.8) is 0 Å². The maximum atomic E-state index is 14.0. The van der Waals surface area contributed by atoms with Crippen LogP contribution in [0.1, 0.15) is 46.5 Å². The van der Waals surface area contributed by atoms with Gasteiger partial charge in [-0.05, 0) is 44.2 Å². The second kappa shape index (κ2) is 9.40. The molecule has 0 aromatic heterocycles. The van der Waals surface area contributed by atoms with Crippen molar-refractivity contribution < 1.29 is 19.7 Å². The van der Waals surface area contributed by atoms with Gasteiger partial charge in [0, 0.05) is 70.5 Å². The summed E-state index contributed by atoms with van der Waals surface area (Å²) in [6, 6.07) is 23.6. The van der Waals surface area contributed by atoms with E-state index in [-0.39, 0.29) is 17.4 Å². The number of benzene rings is 4. The van der Waals surface area contributed by atoms with Gasteiger partial charge in [-0.1, -0.05) is 30.3 Å². The first-order chi connectivity index (χ1) is 19.0. The van der Waals surface area contributed by atoms with Crippen LogP contribution in [0.4, 0.5) is 11.4 Å². The summed E-state index contributed by atoms with van der Waals surface area (Å²) in [6.45, 7) is 5.56. The van der Waals surface area contributed by atoms with Gasteiger partial charge in [0.1, 0.15) is 28.5 Å². The van der Waals surface area contributed by atoms with Gasteiger partial charge >= 0.3 is 0 Å². The molecule has 4 N–H and O–H groups in total. The van der Waals surface area contributed by atoms with Crippen LogP contribution in [0.2, 0.25) is 0 Å². The molecule has 39 heavy (non-hydrogen) atoms. The summed E-state index contributed by atoms with van der Waals surface area (Å²) in [6.07, 6.45) is 1.44. The highest BCUT2D eigenvalue weighted by molar-refractivity contribution is 6.03. The first-order valence-corrected chi connectivity index (χ1v) is 12.9. The van der Waals surface area contributed by atoms with Gasteiger partial charge in [0.2, 0.25) is 0 Å². The summed E-state index contributed by atoms with van der Waals surface area (Å²) < 4.78 is 6.49. The van der Waals surface area contributed by atoms with E-state index in [1.54, 1.807) is 6.07 Å². The van der Waals surface area contributed by atoms with Crippen molar-refractivity contribution in [2.45, 2.75) is 19.4 Å². The Morgan fingerprint density at radius 1 is 0.846 bits per heavy atom. The van der Waals surface area contributed by atoms with Gasteiger partial charge in [-0.2, -0.15) is 5.10 Å². The molecule has 4 aromatic rings. The summed E-state index contributed by atoms with van der Waals surface area (Å²) in [7, 11) is 0. The zero-order chi connectivity index (χ0) is 27.1. The largest absolute Gasteiger partial charge is 0.508 e. The molecule has 0 unspecified atom stereocenters. The summed E-state index contributed by atoms with van der Waals surface area (Å²) in [5, 5.41) is 33.0. The Labute approximate surface area is 226 Å². The number of hydrogen-bond donors (Lipinski definition) is 4. The van der Waals surface area contributed by atoms with Crippen LogP contribution in [-0.2, 0) is 5.54 Å². The molecule has 0 atom stereocenters. The van der Waals surface area contributed by atoms with Crippen LogP contribution in [0.25, 0.3) is 0 Å². The Morgan fingerprint density at radius 2 is 1.49 bits per heavy atom. The summed E-state index contributed by atoms with van der Waals surface area (Å²) in [5.74, 6) is 0.755. The van der Waals surface area contributed by atoms with Crippen LogP contribution in [-0.4, -0.2) is 40.4 Å². The summed E-state index contributed by atoms with van der Waals surface area (Å²) >= 11 is 0. The molecule has 4 aromatic carbocycles. The Morgan fingerprint density at radius 3 is 2.10 bits per heavy atom. The molecule has 2 aliphatic rings. The standard InChI is InChI=1S/C31H28N4O4/c1-3-32-20-10-13-25-28(15-20)39-29-16-21(33-4-2)11-14-26(29)31(25)24-8-6-5-7-23(24)30(38)35(31)34-18-19-9-12-22(36)17-27(19)37/h5-18,32-33,36-37H,3-4H2,1-2H3/b34-18+. The quantitative estimate of drug-likeness (QED) is 0.238. The molecule has 0 fully saturated rings. The van der Waals surface area contributed by atoms with Gasteiger partial charge in [0.25, 0.3) is 5.91 Å². The monoisotopic (exact) mass is 520 g/mol. The maximum Gasteiger partial charge on any atom is 0.275 e. The minimum absolute atomic E-state index is 0.0638. The molecule has 0 aliphatic carbocycles. The predicted molar refractivity (Wildman–Crippen MR) is 151 cm³/mol. The zero-order valence-electron chi connectivity index (χ0n) is 21.6. The third kappa shape index (κ3) is 3.75. The Hall–Kier alpha value is -4.98. The van der Waals surface area contributed by atoms with Crippen LogP contribution < -0.4 is 15.4 Å². The number of hydrogen-bond acceptors (Lipinski definition) is 7. The smallest absolute Gasteiger partial charge is 0.275 e. The second-order valence-corrected chi connectivity index (χ2v) is 9.45. The number of hydrazone groups is 1. The first kappa shape index (κ1) is 24.4. The molecule has 0 radical (unpaired) electrons. The topological polar surface area (TPSA) is 106 Å². The highest BCUT2D eigenvalue weighted by atomic mass is 16.5. The van der Waals surface area contributed by atoms with E-state index in [9.17, 15) is 15.0 Å². The minimum atomic E-state index is -1.12. The van der Waals surface area contributed by atoms with Crippen molar-refractivity contribution in [3.05, 3.63) is 107 Å². The number of fused-ring (bicyclic) bond motifs is 6. The van der Waals surface area contributed by atoms with E-state index in [4.69, 9.17) is 9.84 Å². The fraction of sp³-hybridized carbons (Fsp3) is 0.161. The van der Waals surface area contributed by atoms with E-state index < -0.39 is 5.54 Å². The highest BCUT2D eigenvalue weighted by Gasteiger charge is 2.57. The molecule has 8 heteroatoms. The lowest BCUT2D eigenvalue weighted by Gasteiger charge is -2.42. The molecular formula is C31H28N4O4. The molecule has 0 saturated heterocycles. The van der Waals surface area contributed by atoms with Crippen molar-refractivity contribution >= 4 is 23.5 Å². The zero-order valence-corrected chi connectivity index (χ0v) is 21.6. The normalized spacial score (nSPS) is 14.6. The SMILES string of the molecule is CCNc1ccc2c(c1)Oc1cc(NCC)ccc1C21c2ccccc2C(=O)N1/N=C/c1ccc(O)cc1O. The van der Waals surface area contributed by atoms with E-state index in [0.29, 0.717) is 22.6 Å². The Kier molecular flexibility index (Phi) is 5.87. The van der Waals surface area contributed by atoms with Crippen LogP contribution in [0.3, 0.4) is 0 Å². The van der Waals surface area contributed by atoms with Gasteiger partial charge in [-0.15, -0.1) is 0 Å². The third-order valence-electron chi connectivity index (χ3n) is 7.11. The third-order valence-corrected chi connectivity index (χ3v) is 7.11. The van der Waals surface area contributed by atoms with Crippen molar-refractivity contribution in [1.82, 2.24) is 5.01 Å². The molecule has 2 aliphatic heterocycles. The summed E-state index contributed by atoms with van der Waals surface area (Å²) in [4.78, 5) is 14.0. The van der Waals surface area contributed by atoms with Crippen molar-refractivity contribution in [2.24, 2.45) is 5.10 Å². The van der Waals surface area contributed by atoms with E-state index in [1.165, 1.54) is 23.4 Å². The number of carbonyl (C=O) groups is 1. The van der Waals surface area contributed by atoms with Gasteiger partial charge in [0.05, 0.1) is 6.21 Å². The van der Waals surface area contributed by atoms with Gasteiger partial charge in [-0.25, -0.2) is 5.01 Å². The lowest BCUT2D eigenvalue weighted by atomic mass is 9.75. The van der Waals surface area contributed by atoms with Crippen LogP contribution in [0.5, 0.6) is 23.0 Å². The van der Waals surface area contributed by atoms with Gasteiger partial charge in [-0.3, -0.25) is 4.79 Å². The average Bonchev–Trinajstić information content (AvgIpc) is 3.17. The minimum Gasteiger partial charge on any atom is -0.508 e. The van der Waals surface area contributed by atoms with Crippen molar-refractivity contribution in [1.29, 1.82) is 0 Å². The van der Waals surface area contributed by atoms with E-state index in [0.717, 1.165) is 41.2 Å².